The molecular formula is C16H18ClNO3. The summed E-state index contributed by atoms with van der Waals surface area (Å²) < 4.78 is 16.4. The Bertz CT molecular complexity index is 550. The predicted octanol–water partition coefficient (Wildman–Crippen LogP) is 3.36. The Morgan fingerprint density at radius 1 is 1.14 bits per heavy atom. The Morgan fingerprint density at radius 2 is 1.90 bits per heavy atom. The van der Waals surface area contributed by atoms with E-state index in [4.69, 9.17) is 31.5 Å². The number of ether oxygens (including phenoxy) is 3. The number of hydrogen-bond donors (Lipinski definition) is 1. The lowest BCUT2D eigenvalue weighted by molar-refractivity contribution is 0.00324. The summed E-state index contributed by atoms with van der Waals surface area (Å²) in [4.78, 5) is 0. The second-order valence-corrected chi connectivity index (χ2v) is 4.83. The van der Waals surface area contributed by atoms with Gasteiger partial charge in [0.15, 0.2) is 18.3 Å². The van der Waals surface area contributed by atoms with Gasteiger partial charge in [-0.2, -0.15) is 0 Å². The van der Waals surface area contributed by atoms with Crippen molar-refractivity contribution < 1.29 is 14.2 Å². The van der Waals surface area contributed by atoms with Crippen LogP contribution in [0.25, 0.3) is 0 Å². The van der Waals surface area contributed by atoms with Crippen molar-refractivity contribution in [1.29, 1.82) is 0 Å². The molecule has 4 nitrogen and oxygen atoms in total. The van der Waals surface area contributed by atoms with E-state index in [1.165, 1.54) is 0 Å². The van der Waals surface area contributed by atoms with Crippen LogP contribution in [0.4, 0.5) is 0 Å². The molecule has 0 amide bonds. The summed E-state index contributed by atoms with van der Waals surface area (Å²) in [7, 11) is 1.56. The quantitative estimate of drug-likeness (QED) is 0.629. The molecule has 2 aromatic rings. The van der Waals surface area contributed by atoms with Gasteiger partial charge in [0.2, 0.25) is 0 Å². The fourth-order valence-corrected chi connectivity index (χ4v) is 2.15. The first-order valence-electron chi connectivity index (χ1n) is 6.55. The minimum absolute atomic E-state index is 0.111. The highest BCUT2D eigenvalue weighted by Crippen LogP contribution is 2.34. The summed E-state index contributed by atoms with van der Waals surface area (Å²) >= 11 is 6.00. The van der Waals surface area contributed by atoms with Gasteiger partial charge in [-0.15, -0.1) is 0 Å². The van der Waals surface area contributed by atoms with E-state index in [0.29, 0.717) is 29.7 Å². The van der Waals surface area contributed by atoms with E-state index < -0.39 is 0 Å². The van der Waals surface area contributed by atoms with E-state index in [1.54, 1.807) is 19.2 Å². The molecule has 0 fully saturated rings. The number of nitrogens with two attached hydrogens (primary N) is 1. The summed E-state index contributed by atoms with van der Waals surface area (Å²) in [5.41, 5.74) is 7.57. The lowest BCUT2D eigenvalue weighted by Gasteiger charge is -2.15. The smallest absolute Gasteiger partial charge is 0.189 e. The molecule has 0 spiro atoms. The van der Waals surface area contributed by atoms with Crippen molar-refractivity contribution in [2.24, 2.45) is 5.73 Å². The van der Waals surface area contributed by atoms with Crippen LogP contribution in [0.3, 0.4) is 0 Å². The fraction of sp³-hybridized carbons (Fsp3) is 0.250. The number of hydrogen-bond acceptors (Lipinski definition) is 4. The highest BCUT2D eigenvalue weighted by molar-refractivity contribution is 6.30. The maximum absolute atomic E-state index is 6.00. The largest absolute Gasteiger partial charge is 0.493 e. The third-order valence-corrected chi connectivity index (χ3v) is 3.15. The zero-order valence-corrected chi connectivity index (χ0v) is 12.6. The van der Waals surface area contributed by atoms with Crippen LogP contribution in [0.2, 0.25) is 5.02 Å². The molecule has 0 saturated carbocycles. The normalized spacial score (nSPS) is 10.4. The highest BCUT2D eigenvalue weighted by Gasteiger charge is 2.12. The summed E-state index contributed by atoms with van der Waals surface area (Å²) in [5, 5.41) is 0.560. The summed E-state index contributed by atoms with van der Waals surface area (Å²) in [6, 6.07) is 13.3. The fourth-order valence-electron chi connectivity index (χ4n) is 1.92. The number of halogens is 1. The van der Waals surface area contributed by atoms with Crippen LogP contribution in [-0.4, -0.2) is 13.9 Å². The Balaban J connectivity index is 1.96. The van der Waals surface area contributed by atoms with Crippen LogP contribution < -0.4 is 15.2 Å². The first-order valence-corrected chi connectivity index (χ1v) is 6.93. The van der Waals surface area contributed by atoms with Crippen LogP contribution in [-0.2, 0) is 17.9 Å². The van der Waals surface area contributed by atoms with E-state index in [0.717, 1.165) is 11.1 Å². The zero-order chi connectivity index (χ0) is 15.1. The SMILES string of the molecule is COc1cc(Cl)cc(CN)c1OCOCc1ccccc1. The first-order chi connectivity index (χ1) is 10.2. The van der Waals surface area contributed by atoms with Gasteiger partial charge in [0.25, 0.3) is 0 Å². The van der Waals surface area contributed by atoms with E-state index in [1.807, 2.05) is 30.3 Å². The average molecular weight is 308 g/mol. The van der Waals surface area contributed by atoms with Gasteiger partial charge in [-0.25, -0.2) is 0 Å². The molecule has 0 atom stereocenters. The molecule has 112 valence electrons. The molecule has 0 heterocycles. The van der Waals surface area contributed by atoms with Crippen LogP contribution >= 0.6 is 11.6 Å². The summed E-state index contributed by atoms with van der Waals surface area (Å²) in [6.45, 7) is 0.902. The van der Waals surface area contributed by atoms with Gasteiger partial charge in [-0.1, -0.05) is 41.9 Å². The minimum atomic E-state index is 0.111. The van der Waals surface area contributed by atoms with Crippen LogP contribution in [0.5, 0.6) is 11.5 Å². The van der Waals surface area contributed by atoms with Crippen molar-refractivity contribution in [3.63, 3.8) is 0 Å². The van der Waals surface area contributed by atoms with Gasteiger partial charge in [-0.3, -0.25) is 0 Å². The number of benzene rings is 2. The van der Waals surface area contributed by atoms with Crippen LogP contribution in [0.15, 0.2) is 42.5 Å². The minimum Gasteiger partial charge on any atom is -0.493 e. The molecule has 0 radical (unpaired) electrons. The molecule has 0 saturated heterocycles. The van der Waals surface area contributed by atoms with E-state index in [2.05, 4.69) is 0 Å². The molecule has 0 aliphatic carbocycles. The topological polar surface area (TPSA) is 53.7 Å². The molecule has 2 aromatic carbocycles. The number of methoxy groups -OCH3 is 1. The van der Waals surface area contributed by atoms with Crippen molar-refractivity contribution in [2.45, 2.75) is 13.2 Å². The Morgan fingerprint density at radius 3 is 2.57 bits per heavy atom. The molecule has 21 heavy (non-hydrogen) atoms. The third kappa shape index (κ3) is 4.36. The second-order valence-electron chi connectivity index (χ2n) is 4.40. The van der Waals surface area contributed by atoms with Gasteiger partial charge in [0.05, 0.1) is 13.7 Å². The first kappa shape index (κ1) is 15.6. The molecule has 0 aromatic heterocycles. The van der Waals surface area contributed by atoms with Gasteiger partial charge < -0.3 is 19.9 Å². The molecular weight excluding hydrogens is 290 g/mol. The van der Waals surface area contributed by atoms with Crippen molar-refractivity contribution in [2.75, 3.05) is 13.9 Å². The molecule has 0 aliphatic rings. The maximum Gasteiger partial charge on any atom is 0.189 e. The molecule has 0 bridgehead atoms. The second kappa shape index (κ2) is 7.88. The van der Waals surface area contributed by atoms with Gasteiger partial charge in [0.1, 0.15) is 0 Å². The molecule has 0 unspecified atom stereocenters. The maximum atomic E-state index is 6.00. The average Bonchev–Trinajstić information content (AvgIpc) is 2.52. The van der Waals surface area contributed by atoms with E-state index in [-0.39, 0.29) is 6.79 Å². The molecule has 2 rings (SSSR count). The molecule has 2 N–H and O–H groups in total. The van der Waals surface area contributed by atoms with Gasteiger partial charge in [0, 0.05) is 23.2 Å². The molecule has 0 aliphatic heterocycles. The predicted molar refractivity (Wildman–Crippen MR) is 82.6 cm³/mol. The lowest BCUT2D eigenvalue weighted by Crippen LogP contribution is -2.08. The lowest BCUT2D eigenvalue weighted by atomic mass is 10.2. The van der Waals surface area contributed by atoms with E-state index in [9.17, 15) is 0 Å². The Kier molecular flexibility index (Phi) is 5.87. The molecule has 5 heteroatoms. The Labute approximate surface area is 129 Å². The van der Waals surface area contributed by atoms with Crippen molar-refractivity contribution in [1.82, 2.24) is 0 Å². The van der Waals surface area contributed by atoms with Crippen LogP contribution in [0, 0.1) is 0 Å². The number of rotatable bonds is 7. The van der Waals surface area contributed by atoms with Gasteiger partial charge in [-0.05, 0) is 11.6 Å². The van der Waals surface area contributed by atoms with Crippen molar-refractivity contribution in [3.8, 4) is 11.5 Å². The highest BCUT2D eigenvalue weighted by atomic mass is 35.5. The summed E-state index contributed by atoms with van der Waals surface area (Å²) in [5.74, 6) is 1.11. The zero-order valence-electron chi connectivity index (χ0n) is 11.8. The third-order valence-electron chi connectivity index (χ3n) is 2.93. The standard InChI is InChI=1S/C16H18ClNO3/c1-19-15-8-14(17)7-13(9-18)16(15)21-11-20-10-12-5-3-2-4-6-12/h2-8H,9-11,18H2,1H3. The van der Waals surface area contributed by atoms with Gasteiger partial charge >= 0.3 is 0 Å². The van der Waals surface area contributed by atoms with Crippen LogP contribution in [0.1, 0.15) is 11.1 Å². The summed E-state index contributed by atoms with van der Waals surface area (Å²) in [6.07, 6.45) is 0. The Hall–Kier alpha value is -1.75. The van der Waals surface area contributed by atoms with E-state index >= 15 is 0 Å². The monoisotopic (exact) mass is 307 g/mol. The van der Waals surface area contributed by atoms with Crippen molar-refractivity contribution >= 4 is 11.6 Å². The van der Waals surface area contributed by atoms with Crippen molar-refractivity contribution in [3.05, 3.63) is 58.6 Å².